The fraction of sp³-hybridized carbons (Fsp3) is 0.188. The second-order valence-electron chi connectivity index (χ2n) is 5.05. The summed E-state index contributed by atoms with van der Waals surface area (Å²) in [4.78, 5) is 4.51. The molecule has 2 aromatic heterocycles. The Kier molecular flexibility index (Phi) is 3.14. The van der Waals surface area contributed by atoms with Crippen LogP contribution in [-0.2, 0) is 6.54 Å². The van der Waals surface area contributed by atoms with Gasteiger partial charge >= 0.3 is 0 Å². The number of aromatic nitrogens is 2. The van der Waals surface area contributed by atoms with Gasteiger partial charge in [-0.1, -0.05) is 29.8 Å². The van der Waals surface area contributed by atoms with Crippen molar-refractivity contribution in [2.45, 2.75) is 20.4 Å². The number of halogens is 1. The van der Waals surface area contributed by atoms with Gasteiger partial charge in [0.25, 0.3) is 0 Å². The molecule has 3 aromatic rings. The zero-order chi connectivity index (χ0) is 14.3. The molecule has 3 rings (SSSR count). The number of pyridine rings is 1. The molecule has 0 bridgehead atoms. The Morgan fingerprint density at radius 3 is 2.80 bits per heavy atom. The lowest BCUT2D eigenvalue weighted by atomic mass is 10.1. The third-order valence-corrected chi connectivity index (χ3v) is 4.04. The third-order valence-electron chi connectivity index (χ3n) is 3.74. The second kappa shape index (κ2) is 4.84. The van der Waals surface area contributed by atoms with Crippen molar-refractivity contribution in [2.24, 2.45) is 0 Å². The molecule has 102 valence electrons. The first kappa shape index (κ1) is 13.0. The van der Waals surface area contributed by atoms with Crippen LogP contribution in [0.1, 0.15) is 16.8 Å². The first-order valence-corrected chi connectivity index (χ1v) is 6.89. The van der Waals surface area contributed by atoms with Crippen LogP contribution in [0.5, 0.6) is 0 Å². The maximum atomic E-state index is 6.27. The Morgan fingerprint density at radius 2 is 2.00 bits per heavy atom. The quantitative estimate of drug-likeness (QED) is 0.775. The zero-order valence-electron chi connectivity index (χ0n) is 11.5. The molecule has 0 fully saturated rings. The van der Waals surface area contributed by atoms with E-state index in [1.165, 1.54) is 0 Å². The molecule has 0 aliphatic carbocycles. The normalized spacial score (nSPS) is 11.2. The van der Waals surface area contributed by atoms with Crippen LogP contribution in [0.4, 0.5) is 5.69 Å². The van der Waals surface area contributed by atoms with E-state index in [0.717, 1.165) is 38.4 Å². The van der Waals surface area contributed by atoms with Gasteiger partial charge in [0.1, 0.15) is 0 Å². The predicted molar refractivity (Wildman–Crippen MR) is 84.2 cm³/mol. The lowest BCUT2D eigenvalue weighted by Crippen LogP contribution is -2.06. The summed E-state index contributed by atoms with van der Waals surface area (Å²) >= 11 is 6.27. The molecule has 0 radical (unpaired) electrons. The number of fused-ring (bicyclic) bond motifs is 1. The summed E-state index contributed by atoms with van der Waals surface area (Å²) in [5.41, 5.74) is 11.0. The number of nitrogens with zero attached hydrogens (tertiary/aromatic N) is 2. The van der Waals surface area contributed by atoms with Crippen LogP contribution in [0, 0.1) is 13.8 Å². The number of para-hydroxylation sites is 1. The second-order valence-corrected chi connectivity index (χ2v) is 5.46. The van der Waals surface area contributed by atoms with E-state index < -0.39 is 0 Å². The van der Waals surface area contributed by atoms with Gasteiger partial charge in [0, 0.05) is 29.0 Å². The average molecular weight is 286 g/mol. The summed E-state index contributed by atoms with van der Waals surface area (Å²) in [6.45, 7) is 4.66. The predicted octanol–water partition coefficient (Wildman–Crippen LogP) is 3.94. The maximum absolute atomic E-state index is 6.27. The van der Waals surface area contributed by atoms with E-state index in [9.17, 15) is 0 Å². The molecule has 0 aliphatic rings. The molecule has 0 aliphatic heterocycles. The Morgan fingerprint density at radius 1 is 1.25 bits per heavy atom. The highest BCUT2D eigenvalue weighted by Crippen LogP contribution is 2.27. The Balaban J connectivity index is 2.08. The van der Waals surface area contributed by atoms with Crippen molar-refractivity contribution in [3.63, 3.8) is 0 Å². The molecule has 2 N–H and O–H groups in total. The van der Waals surface area contributed by atoms with E-state index in [-0.39, 0.29) is 0 Å². The molecule has 3 nitrogen and oxygen atoms in total. The van der Waals surface area contributed by atoms with E-state index in [2.05, 4.69) is 15.6 Å². The zero-order valence-corrected chi connectivity index (χ0v) is 12.3. The number of aryl methyl sites for hydroxylation is 1. The molecule has 0 unspecified atom stereocenters. The molecule has 0 saturated heterocycles. The van der Waals surface area contributed by atoms with Crippen LogP contribution in [0.15, 0.2) is 36.7 Å². The molecule has 1 aromatic carbocycles. The Bertz CT molecular complexity index is 790. The largest absolute Gasteiger partial charge is 0.398 e. The topological polar surface area (TPSA) is 43.8 Å². The van der Waals surface area contributed by atoms with E-state index in [1.807, 2.05) is 44.4 Å². The molecule has 0 amide bonds. The molecular formula is C16H16ClN3. The lowest BCUT2D eigenvalue weighted by Gasteiger charge is -2.11. The smallest absolute Gasteiger partial charge is 0.0661 e. The molecule has 20 heavy (non-hydrogen) atoms. The fourth-order valence-electron chi connectivity index (χ4n) is 2.45. The average Bonchev–Trinajstić information content (AvgIpc) is 2.77. The molecule has 0 atom stereocenters. The van der Waals surface area contributed by atoms with E-state index in [1.54, 1.807) is 0 Å². The van der Waals surface area contributed by atoms with Crippen molar-refractivity contribution in [2.75, 3.05) is 5.73 Å². The number of hydrogen-bond donors (Lipinski definition) is 1. The van der Waals surface area contributed by atoms with Gasteiger partial charge in [-0.2, -0.15) is 0 Å². The number of benzene rings is 1. The van der Waals surface area contributed by atoms with Crippen LogP contribution in [0.3, 0.4) is 0 Å². The monoisotopic (exact) mass is 285 g/mol. The number of anilines is 1. The highest BCUT2D eigenvalue weighted by molar-refractivity contribution is 6.35. The fourth-order valence-corrected chi connectivity index (χ4v) is 2.72. The summed E-state index contributed by atoms with van der Waals surface area (Å²) in [5.74, 6) is 0. The van der Waals surface area contributed by atoms with Crippen molar-refractivity contribution < 1.29 is 0 Å². The van der Waals surface area contributed by atoms with Crippen LogP contribution >= 0.6 is 11.6 Å². The third kappa shape index (κ3) is 2.04. The van der Waals surface area contributed by atoms with Gasteiger partial charge in [0.05, 0.1) is 17.3 Å². The first-order chi connectivity index (χ1) is 9.58. The van der Waals surface area contributed by atoms with Crippen LogP contribution in [0.25, 0.3) is 10.9 Å². The minimum absolute atomic E-state index is 0.670. The van der Waals surface area contributed by atoms with E-state index >= 15 is 0 Å². The van der Waals surface area contributed by atoms with Gasteiger partial charge in [-0.15, -0.1) is 0 Å². The van der Waals surface area contributed by atoms with Gasteiger partial charge in [-0.3, -0.25) is 4.98 Å². The number of hydrogen-bond acceptors (Lipinski definition) is 2. The Labute approximate surface area is 123 Å². The standard InChI is InChI=1S/C16H16ClN3/c1-10-7-19-14(11(2)16(10)18)9-20-8-13(17)12-5-3-4-6-15(12)20/h3-8H,9H2,1-2H3,(H2,18,19). The summed E-state index contributed by atoms with van der Waals surface area (Å²) in [7, 11) is 0. The van der Waals surface area contributed by atoms with Gasteiger partial charge in [-0.05, 0) is 31.0 Å². The number of rotatable bonds is 2. The van der Waals surface area contributed by atoms with E-state index in [4.69, 9.17) is 17.3 Å². The maximum Gasteiger partial charge on any atom is 0.0661 e. The van der Waals surface area contributed by atoms with E-state index in [0.29, 0.717) is 6.54 Å². The van der Waals surface area contributed by atoms with Crippen LogP contribution in [0.2, 0.25) is 5.02 Å². The SMILES string of the molecule is Cc1cnc(Cn2cc(Cl)c3ccccc32)c(C)c1N. The highest BCUT2D eigenvalue weighted by Gasteiger charge is 2.10. The molecule has 4 heteroatoms. The van der Waals surface area contributed by atoms with Crippen molar-refractivity contribution >= 4 is 28.2 Å². The van der Waals surface area contributed by atoms with Crippen molar-refractivity contribution in [1.29, 1.82) is 0 Å². The Hall–Kier alpha value is -2.00. The number of nitrogen functional groups attached to an aromatic ring is 1. The van der Waals surface area contributed by atoms with Crippen molar-refractivity contribution in [3.05, 3.63) is 58.5 Å². The lowest BCUT2D eigenvalue weighted by molar-refractivity contribution is 0.799. The van der Waals surface area contributed by atoms with Gasteiger partial charge in [0.15, 0.2) is 0 Å². The summed E-state index contributed by atoms with van der Waals surface area (Å²) in [6.07, 6.45) is 3.77. The minimum atomic E-state index is 0.670. The van der Waals surface area contributed by atoms with Gasteiger partial charge in [0.2, 0.25) is 0 Å². The van der Waals surface area contributed by atoms with Gasteiger partial charge in [-0.25, -0.2) is 0 Å². The van der Waals surface area contributed by atoms with Crippen LogP contribution < -0.4 is 5.73 Å². The summed E-state index contributed by atoms with van der Waals surface area (Å²) < 4.78 is 2.11. The molecule has 2 heterocycles. The van der Waals surface area contributed by atoms with Crippen molar-refractivity contribution in [1.82, 2.24) is 9.55 Å². The molecule has 0 spiro atoms. The molecule has 0 saturated carbocycles. The van der Waals surface area contributed by atoms with Crippen LogP contribution in [-0.4, -0.2) is 9.55 Å². The summed E-state index contributed by atoms with van der Waals surface area (Å²) in [5, 5.41) is 1.82. The van der Waals surface area contributed by atoms with Gasteiger partial charge < -0.3 is 10.3 Å². The summed E-state index contributed by atoms with van der Waals surface area (Å²) in [6, 6.07) is 8.09. The number of nitrogens with two attached hydrogens (primary N) is 1. The highest BCUT2D eigenvalue weighted by atomic mass is 35.5. The molecular weight excluding hydrogens is 270 g/mol. The minimum Gasteiger partial charge on any atom is -0.398 e. The van der Waals surface area contributed by atoms with Crippen molar-refractivity contribution in [3.8, 4) is 0 Å². The first-order valence-electron chi connectivity index (χ1n) is 6.52.